The lowest BCUT2D eigenvalue weighted by molar-refractivity contribution is -0.118. The molecule has 5 nitrogen and oxygen atoms in total. The maximum absolute atomic E-state index is 12.2. The first-order chi connectivity index (χ1) is 14.1. The van der Waals surface area contributed by atoms with Crippen LogP contribution >= 0.6 is 0 Å². The number of aromatic nitrogens is 1. The Morgan fingerprint density at radius 3 is 2.31 bits per heavy atom. The van der Waals surface area contributed by atoms with Gasteiger partial charge in [0.2, 0.25) is 0 Å². The normalized spacial score (nSPS) is 10.6. The highest BCUT2D eigenvalue weighted by molar-refractivity contribution is 5.94. The summed E-state index contributed by atoms with van der Waals surface area (Å²) in [5.41, 5.74) is 9.12. The summed E-state index contributed by atoms with van der Waals surface area (Å²) in [5, 5.41) is 2.94. The van der Waals surface area contributed by atoms with Crippen molar-refractivity contribution in [3.05, 3.63) is 84.2 Å². The van der Waals surface area contributed by atoms with E-state index in [0.717, 1.165) is 30.5 Å². The molecule has 1 aromatic heterocycles. The Balaban J connectivity index is 1.31. The number of hydrogen-bond donors (Lipinski definition) is 2. The molecule has 2 aromatic carbocycles. The summed E-state index contributed by atoms with van der Waals surface area (Å²) in [4.78, 5) is 24.3. The average molecular weight is 389 g/mol. The smallest absolute Gasteiger partial charge is 0.251 e. The lowest BCUT2D eigenvalue weighted by atomic mass is 10.0. The van der Waals surface area contributed by atoms with Crippen molar-refractivity contribution in [2.24, 2.45) is 0 Å². The number of Topliss-reactive ketones (excluding diaryl/α,β-unsaturated/α-hetero) is 1. The molecule has 0 atom stereocenters. The fourth-order valence-corrected chi connectivity index (χ4v) is 3.22. The summed E-state index contributed by atoms with van der Waals surface area (Å²) in [5.74, 6) is 0.134. The molecule has 5 heteroatoms. The van der Waals surface area contributed by atoms with Crippen molar-refractivity contribution in [1.29, 1.82) is 0 Å². The van der Waals surface area contributed by atoms with Crippen LogP contribution in [0.25, 0.3) is 5.69 Å². The van der Waals surface area contributed by atoms with Crippen LogP contribution in [0.15, 0.2) is 73.1 Å². The third-order valence-corrected chi connectivity index (χ3v) is 4.89. The molecule has 29 heavy (non-hydrogen) atoms. The number of carbonyl (C=O) groups excluding carboxylic acids is 2. The number of nitrogens with two attached hydrogens (primary N) is 1. The van der Waals surface area contributed by atoms with E-state index >= 15 is 0 Å². The summed E-state index contributed by atoms with van der Waals surface area (Å²) in [6.07, 6.45) is 7.46. The average Bonchev–Trinajstić information content (AvgIpc) is 3.27. The number of anilines is 1. The first-order valence-electron chi connectivity index (χ1n) is 10.00. The summed E-state index contributed by atoms with van der Waals surface area (Å²) in [6.45, 7) is 0.609. The zero-order chi connectivity index (χ0) is 20.5. The molecule has 3 aromatic rings. The second-order valence-electron chi connectivity index (χ2n) is 7.12. The summed E-state index contributed by atoms with van der Waals surface area (Å²) in [7, 11) is 0. The van der Waals surface area contributed by atoms with E-state index in [4.69, 9.17) is 5.73 Å². The molecule has 0 radical (unpaired) electrons. The predicted molar refractivity (Wildman–Crippen MR) is 116 cm³/mol. The Bertz CT molecular complexity index is 931. The number of hydrogen-bond acceptors (Lipinski definition) is 3. The fraction of sp³-hybridized carbons (Fsp3) is 0.250. The maximum Gasteiger partial charge on any atom is 0.251 e. The lowest BCUT2D eigenvalue weighted by Gasteiger charge is -2.07. The van der Waals surface area contributed by atoms with Gasteiger partial charge in [-0.2, -0.15) is 0 Å². The SMILES string of the molecule is Nc1ccccc1CC(=O)CCCCCNC(=O)c1ccc(-n2cccc2)cc1. The number of ketones is 1. The molecule has 3 N–H and O–H groups in total. The van der Waals surface area contributed by atoms with Crippen molar-refractivity contribution in [3.8, 4) is 5.69 Å². The first-order valence-corrected chi connectivity index (χ1v) is 10.00. The number of benzene rings is 2. The number of nitrogens with one attached hydrogen (secondary N) is 1. The number of carbonyl (C=O) groups is 2. The molecule has 0 fully saturated rings. The van der Waals surface area contributed by atoms with E-state index in [1.54, 1.807) is 0 Å². The highest BCUT2D eigenvalue weighted by Gasteiger charge is 2.07. The van der Waals surface area contributed by atoms with Crippen molar-refractivity contribution in [2.75, 3.05) is 12.3 Å². The molecule has 3 rings (SSSR count). The third-order valence-electron chi connectivity index (χ3n) is 4.89. The molecule has 0 bridgehead atoms. The first kappa shape index (κ1) is 20.4. The molecule has 1 heterocycles. The Kier molecular flexibility index (Phi) is 7.22. The molecule has 0 saturated heterocycles. The highest BCUT2D eigenvalue weighted by Crippen LogP contribution is 2.13. The molecule has 0 aliphatic rings. The number of para-hydroxylation sites is 1. The van der Waals surface area contributed by atoms with Crippen molar-refractivity contribution in [2.45, 2.75) is 32.1 Å². The Labute approximate surface area is 171 Å². The Morgan fingerprint density at radius 1 is 0.862 bits per heavy atom. The largest absolute Gasteiger partial charge is 0.398 e. The van der Waals surface area contributed by atoms with E-state index in [2.05, 4.69) is 5.32 Å². The Hall–Kier alpha value is -3.34. The number of rotatable bonds is 10. The lowest BCUT2D eigenvalue weighted by Crippen LogP contribution is -2.24. The minimum Gasteiger partial charge on any atom is -0.398 e. The topological polar surface area (TPSA) is 77.1 Å². The van der Waals surface area contributed by atoms with E-state index in [0.29, 0.717) is 30.6 Å². The Morgan fingerprint density at radius 2 is 1.59 bits per heavy atom. The molecular weight excluding hydrogens is 362 g/mol. The second-order valence-corrected chi connectivity index (χ2v) is 7.12. The fourth-order valence-electron chi connectivity index (χ4n) is 3.22. The van der Waals surface area contributed by atoms with Crippen LogP contribution < -0.4 is 11.1 Å². The summed E-state index contributed by atoms with van der Waals surface area (Å²) in [6, 6.07) is 18.9. The standard InChI is InChI=1S/C24H27N3O2/c25-23-10-4-3-8-20(23)18-22(28)9-2-1-5-15-26-24(29)19-11-13-21(14-12-19)27-16-6-7-17-27/h3-4,6-8,10-14,16-17H,1-2,5,9,15,18,25H2,(H,26,29). The van der Waals surface area contributed by atoms with Gasteiger partial charge in [0.1, 0.15) is 5.78 Å². The van der Waals surface area contributed by atoms with E-state index < -0.39 is 0 Å². The van der Waals surface area contributed by atoms with Crippen LogP contribution in [0.1, 0.15) is 41.6 Å². The zero-order valence-corrected chi connectivity index (χ0v) is 16.5. The van der Waals surface area contributed by atoms with Crippen molar-refractivity contribution < 1.29 is 9.59 Å². The quantitative estimate of drug-likeness (QED) is 0.404. The molecular formula is C24H27N3O2. The van der Waals surface area contributed by atoms with Crippen LogP contribution in [0.3, 0.4) is 0 Å². The van der Waals surface area contributed by atoms with Gasteiger partial charge in [0.25, 0.3) is 5.91 Å². The number of nitrogens with zero attached hydrogens (tertiary/aromatic N) is 1. The number of unbranched alkanes of at least 4 members (excludes halogenated alkanes) is 2. The molecule has 0 spiro atoms. The van der Waals surface area contributed by atoms with Gasteiger partial charge in [-0.3, -0.25) is 9.59 Å². The van der Waals surface area contributed by atoms with Crippen LogP contribution in [0.4, 0.5) is 5.69 Å². The number of nitrogen functional groups attached to an aromatic ring is 1. The van der Waals surface area contributed by atoms with Gasteiger partial charge in [-0.25, -0.2) is 0 Å². The van der Waals surface area contributed by atoms with Crippen molar-refractivity contribution in [1.82, 2.24) is 9.88 Å². The molecule has 0 aliphatic heterocycles. The minimum absolute atomic E-state index is 0.0697. The zero-order valence-electron chi connectivity index (χ0n) is 16.5. The van der Waals surface area contributed by atoms with Crippen LogP contribution in [0.2, 0.25) is 0 Å². The second kappa shape index (κ2) is 10.3. The van der Waals surface area contributed by atoms with Gasteiger partial charge in [0, 0.05) is 48.7 Å². The van der Waals surface area contributed by atoms with Gasteiger partial charge in [-0.1, -0.05) is 24.6 Å². The van der Waals surface area contributed by atoms with Crippen molar-refractivity contribution >= 4 is 17.4 Å². The monoisotopic (exact) mass is 389 g/mol. The molecule has 0 aliphatic carbocycles. The van der Waals surface area contributed by atoms with Gasteiger partial charge in [-0.05, 0) is 60.9 Å². The predicted octanol–water partition coefficient (Wildman–Crippen LogP) is 4.16. The van der Waals surface area contributed by atoms with Crippen LogP contribution in [-0.2, 0) is 11.2 Å². The van der Waals surface area contributed by atoms with Crippen LogP contribution in [0.5, 0.6) is 0 Å². The summed E-state index contributed by atoms with van der Waals surface area (Å²) < 4.78 is 2.00. The van der Waals surface area contributed by atoms with Gasteiger partial charge in [-0.15, -0.1) is 0 Å². The van der Waals surface area contributed by atoms with E-state index in [9.17, 15) is 9.59 Å². The minimum atomic E-state index is -0.0697. The molecule has 0 saturated carbocycles. The number of amides is 1. The van der Waals surface area contributed by atoms with Crippen LogP contribution in [-0.4, -0.2) is 22.8 Å². The van der Waals surface area contributed by atoms with Crippen molar-refractivity contribution in [3.63, 3.8) is 0 Å². The van der Waals surface area contributed by atoms with Gasteiger partial charge >= 0.3 is 0 Å². The van der Waals surface area contributed by atoms with E-state index in [1.807, 2.05) is 77.6 Å². The van der Waals surface area contributed by atoms with Gasteiger partial charge < -0.3 is 15.6 Å². The molecule has 1 amide bonds. The van der Waals surface area contributed by atoms with E-state index in [-0.39, 0.29) is 11.7 Å². The maximum atomic E-state index is 12.2. The summed E-state index contributed by atoms with van der Waals surface area (Å²) >= 11 is 0. The molecule has 0 unspecified atom stereocenters. The van der Waals surface area contributed by atoms with Gasteiger partial charge in [0.05, 0.1) is 0 Å². The van der Waals surface area contributed by atoms with Gasteiger partial charge in [0.15, 0.2) is 0 Å². The highest BCUT2D eigenvalue weighted by atomic mass is 16.1. The van der Waals surface area contributed by atoms with Crippen LogP contribution in [0, 0.1) is 0 Å². The van der Waals surface area contributed by atoms with E-state index in [1.165, 1.54) is 0 Å². The third kappa shape index (κ3) is 6.07. The molecule has 150 valence electrons.